The van der Waals surface area contributed by atoms with Gasteiger partial charge in [-0.25, -0.2) is 0 Å². The maximum atomic E-state index is 10.3. The summed E-state index contributed by atoms with van der Waals surface area (Å²) in [4.78, 5) is 4.85. The van der Waals surface area contributed by atoms with Crippen molar-refractivity contribution in [2.45, 2.75) is 26.0 Å². The molecule has 4 nitrogen and oxygen atoms in total. The molecule has 1 atom stereocenters. The first-order valence-electron chi connectivity index (χ1n) is 7.64. The van der Waals surface area contributed by atoms with Gasteiger partial charge in [0.25, 0.3) is 0 Å². The number of hydrogen-bond acceptors (Lipinski definition) is 4. The molecule has 1 aromatic rings. The average Bonchev–Trinajstić information content (AvgIpc) is 2.49. The maximum absolute atomic E-state index is 10.3. The molecule has 0 saturated carbocycles. The third-order valence-corrected chi connectivity index (χ3v) is 4.04. The summed E-state index contributed by atoms with van der Waals surface area (Å²) in [5, 5.41) is 10.3. The Bertz CT molecular complexity index is 385. The van der Waals surface area contributed by atoms with E-state index in [1.165, 1.54) is 13.0 Å². The number of rotatable bonds is 6. The van der Waals surface area contributed by atoms with Crippen LogP contribution in [-0.4, -0.2) is 54.2 Å². The standard InChI is InChI=1S/C16H27N3O/c1-2-7-18-8-10-19(11-9-18)13-16(20)15-5-3-14(12-17)4-6-15/h3-6,16,20H,2,7-13,17H2,1H3. The number of aliphatic hydroxyl groups excluding tert-OH is 1. The molecule has 0 aromatic heterocycles. The summed E-state index contributed by atoms with van der Waals surface area (Å²) in [5.74, 6) is 0. The molecule has 1 unspecified atom stereocenters. The second-order valence-electron chi connectivity index (χ2n) is 5.60. The van der Waals surface area contributed by atoms with E-state index in [0.717, 1.165) is 43.9 Å². The summed E-state index contributed by atoms with van der Waals surface area (Å²) in [7, 11) is 0. The first-order valence-corrected chi connectivity index (χ1v) is 7.64. The molecular formula is C16H27N3O. The molecule has 1 saturated heterocycles. The van der Waals surface area contributed by atoms with Gasteiger partial charge in [0.15, 0.2) is 0 Å². The minimum atomic E-state index is -0.403. The molecule has 4 heteroatoms. The van der Waals surface area contributed by atoms with Gasteiger partial charge in [0.05, 0.1) is 6.10 Å². The van der Waals surface area contributed by atoms with Gasteiger partial charge in [0, 0.05) is 39.3 Å². The fourth-order valence-electron chi connectivity index (χ4n) is 2.74. The Morgan fingerprint density at radius 1 is 1.10 bits per heavy atom. The van der Waals surface area contributed by atoms with E-state index in [2.05, 4.69) is 16.7 Å². The highest BCUT2D eigenvalue weighted by molar-refractivity contribution is 5.24. The zero-order valence-electron chi connectivity index (χ0n) is 12.5. The van der Waals surface area contributed by atoms with Gasteiger partial charge in [-0.1, -0.05) is 31.2 Å². The average molecular weight is 277 g/mol. The number of nitrogens with two attached hydrogens (primary N) is 1. The molecule has 2 rings (SSSR count). The fourth-order valence-corrected chi connectivity index (χ4v) is 2.74. The zero-order chi connectivity index (χ0) is 14.4. The highest BCUT2D eigenvalue weighted by Gasteiger charge is 2.19. The lowest BCUT2D eigenvalue weighted by atomic mass is 10.1. The highest BCUT2D eigenvalue weighted by atomic mass is 16.3. The Balaban J connectivity index is 1.81. The van der Waals surface area contributed by atoms with Crippen LogP contribution in [0.1, 0.15) is 30.6 Å². The van der Waals surface area contributed by atoms with Crippen molar-refractivity contribution in [2.24, 2.45) is 5.73 Å². The van der Waals surface area contributed by atoms with E-state index in [0.29, 0.717) is 6.54 Å². The summed E-state index contributed by atoms with van der Waals surface area (Å²) in [5.41, 5.74) is 7.68. The Labute approximate surface area is 122 Å². The molecule has 0 aliphatic carbocycles. The SMILES string of the molecule is CCCN1CCN(CC(O)c2ccc(CN)cc2)CC1. The van der Waals surface area contributed by atoms with Crippen molar-refractivity contribution in [3.8, 4) is 0 Å². The van der Waals surface area contributed by atoms with Crippen molar-refractivity contribution in [2.75, 3.05) is 39.3 Å². The fraction of sp³-hybridized carbons (Fsp3) is 0.625. The van der Waals surface area contributed by atoms with Gasteiger partial charge in [-0.3, -0.25) is 4.90 Å². The lowest BCUT2D eigenvalue weighted by molar-refractivity contribution is 0.0726. The van der Waals surface area contributed by atoms with Crippen LogP contribution < -0.4 is 5.73 Å². The predicted molar refractivity (Wildman–Crippen MR) is 82.5 cm³/mol. The van der Waals surface area contributed by atoms with E-state index in [-0.39, 0.29) is 0 Å². The van der Waals surface area contributed by atoms with E-state index >= 15 is 0 Å². The summed E-state index contributed by atoms with van der Waals surface area (Å²) in [6.07, 6.45) is 0.815. The van der Waals surface area contributed by atoms with Crippen LogP contribution in [0.15, 0.2) is 24.3 Å². The Hall–Kier alpha value is -0.940. The van der Waals surface area contributed by atoms with Crippen molar-refractivity contribution in [3.63, 3.8) is 0 Å². The number of piperazine rings is 1. The van der Waals surface area contributed by atoms with E-state index in [1.54, 1.807) is 0 Å². The van der Waals surface area contributed by atoms with E-state index in [9.17, 15) is 5.11 Å². The van der Waals surface area contributed by atoms with Crippen molar-refractivity contribution >= 4 is 0 Å². The van der Waals surface area contributed by atoms with Crippen LogP contribution in [0.2, 0.25) is 0 Å². The number of benzene rings is 1. The molecule has 0 bridgehead atoms. The highest BCUT2D eigenvalue weighted by Crippen LogP contribution is 2.16. The van der Waals surface area contributed by atoms with E-state index in [4.69, 9.17) is 5.73 Å². The first-order chi connectivity index (χ1) is 9.72. The molecule has 1 aliphatic heterocycles. The van der Waals surface area contributed by atoms with Crippen LogP contribution in [0.5, 0.6) is 0 Å². The van der Waals surface area contributed by atoms with Gasteiger partial charge in [-0.15, -0.1) is 0 Å². The summed E-state index contributed by atoms with van der Waals surface area (Å²) >= 11 is 0. The molecule has 0 spiro atoms. The molecule has 112 valence electrons. The smallest absolute Gasteiger partial charge is 0.0916 e. The molecule has 0 radical (unpaired) electrons. The van der Waals surface area contributed by atoms with Gasteiger partial charge >= 0.3 is 0 Å². The lowest BCUT2D eigenvalue weighted by Gasteiger charge is -2.35. The number of hydrogen-bond donors (Lipinski definition) is 2. The molecule has 0 amide bonds. The second kappa shape index (κ2) is 7.74. The molecule has 1 fully saturated rings. The largest absolute Gasteiger partial charge is 0.387 e. The number of nitrogens with zero attached hydrogens (tertiary/aromatic N) is 2. The van der Waals surface area contributed by atoms with E-state index in [1.807, 2.05) is 24.3 Å². The van der Waals surface area contributed by atoms with Crippen LogP contribution in [0.25, 0.3) is 0 Å². The van der Waals surface area contributed by atoms with Gasteiger partial charge in [-0.2, -0.15) is 0 Å². The van der Waals surface area contributed by atoms with Crippen molar-refractivity contribution < 1.29 is 5.11 Å². The zero-order valence-corrected chi connectivity index (χ0v) is 12.5. The molecule has 3 N–H and O–H groups in total. The van der Waals surface area contributed by atoms with Crippen LogP contribution in [0, 0.1) is 0 Å². The number of β-amino-alcohol motifs (C(OH)–C–C–N with tert-alkyl or cyclic N) is 1. The third kappa shape index (κ3) is 4.28. The Morgan fingerprint density at radius 3 is 2.25 bits per heavy atom. The Morgan fingerprint density at radius 2 is 1.70 bits per heavy atom. The maximum Gasteiger partial charge on any atom is 0.0916 e. The summed E-state index contributed by atoms with van der Waals surface area (Å²) in [6.45, 7) is 9.03. The number of aliphatic hydroxyl groups is 1. The van der Waals surface area contributed by atoms with Crippen molar-refractivity contribution in [1.29, 1.82) is 0 Å². The quantitative estimate of drug-likeness (QED) is 0.820. The van der Waals surface area contributed by atoms with Gasteiger partial charge in [-0.05, 0) is 24.1 Å². The molecule has 1 heterocycles. The molecule has 20 heavy (non-hydrogen) atoms. The first kappa shape index (κ1) is 15.4. The van der Waals surface area contributed by atoms with Crippen LogP contribution in [0.3, 0.4) is 0 Å². The van der Waals surface area contributed by atoms with Gasteiger partial charge in [0.2, 0.25) is 0 Å². The minimum absolute atomic E-state index is 0.403. The van der Waals surface area contributed by atoms with Gasteiger partial charge in [0.1, 0.15) is 0 Å². The van der Waals surface area contributed by atoms with Crippen LogP contribution in [-0.2, 0) is 6.54 Å². The molecule has 1 aliphatic rings. The van der Waals surface area contributed by atoms with Crippen molar-refractivity contribution in [3.05, 3.63) is 35.4 Å². The summed E-state index contributed by atoms with van der Waals surface area (Å²) < 4.78 is 0. The molecule has 1 aromatic carbocycles. The Kier molecular flexibility index (Phi) is 5.98. The lowest BCUT2D eigenvalue weighted by Crippen LogP contribution is -2.47. The van der Waals surface area contributed by atoms with E-state index < -0.39 is 6.10 Å². The van der Waals surface area contributed by atoms with Gasteiger partial charge < -0.3 is 15.7 Å². The second-order valence-corrected chi connectivity index (χ2v) is 5.60. The van der Waals surface area contributed by atoms with Crippen LogP contribution >= 0.6 is 0 Å². The predicted octanol–water partition coefficient (Wildman–Crippen LogP) is 1.21. The van der Waals surface area contributed by atoms with Crippen LogP contribution in [0.4, 0.5) is 0 Å². The molecular weight excluding hydrogens is 250 g/mol. The third-order valence-electron chi connectivity index (χ3n) is 4.04. The topological polar surface area (TPSA) is 52.7 Å². The minimum Gasteiger partial charge on any atom is -0.387 e. The van der Waals surface area contributed by atoms with Crippen molar-refractivity contribution in [1.82, 2.24) is 9.80 Å². The monoisotopic (exact) mass is 277 g/mol. The normalized spacial score (nSPS) is 19.1. The summed E-state index contributed by atoms with van der Waals surface area (Å²) in [6, 6.07) is 7.97.